The molecule has 1 saturated heterocycles. The molecule has 1 aliphatic rings. The van der Waals surface area contributed by atoms with Gasteiger partial charge in [0, 0.05) is 5.02 Å². The predicted molar refractivity (Wildman–Crippen MR) is 66.5 cm³/mol. The molecule has 2 rings (SSSR count). The molecule has 0 aromatic heterocycles. The highest BCUT2D eigenvalue weighted by molar-refractivity contribution is 6.30. The Morgan fingerprint density at radius 1 is 1.16 bits per heavy atom. The quantitative estimate of drug-likeness (QED) is 0.751. The van der Waals surface area contributed by atoms with E-state index < -0.39 is 36.3 Å². The van der Waals surface area contributed by atoms with E-state index in [1.165, 1.54) is 0 Å². The Morgan fingerprint density at radius 2 is 1.79 bits per heavy atom. The van der Waals surface area contributed by atoms with E-state index in [-0.39, 0.29) is 0 Å². The van der Waals surface area contributed by atoms with E-state index in [1.54, 1.807) is 24.3 Å². The standard InChI is InChI=1S/C12H11ClN2O4/c13-7-3-1-6(2-4-7)10-12(19)14-8(5-9(16)17)11(18)15-10/h1-4,8,10H,5H2,(H,14,19)(H,15,18)(H,16,17)/t8-,10?/m0/s1. The number of hydrogen-bond acceptors (Lipinski definition) is 3. The predicted octanol–water partition coefficient (Wildman–Crippen LogP) is 0.470. The Labute approximate surface area is 113 Å². The fourth-order valence-electron chi connectivity index (χ4n) is 1.84. The Kier molecular flexibility index (Phi) is 3.71. The smallest absolute Gasteiger partial charge is 0.305 e. The van der Waals surface area contributed by atoms with Gasteiger partial charge in [0.05, 0.1) is 6.42 Å². The van der Waals surface area contributed by atoms with E-state index >= 15 is 0 Å². The summed E-state index contributed by atoms with van der Waals surface area (Å²) in [5.41, 5.74) is 0.587. The van der Waals surface area contributed by atoms with Crippen LogP contribution in [0.3, 0.4) is 0 Å². The Bertz CT molecular complexity index is 529. The lowest BCUT2D eigenvalue weighted by Gasteiger charge is -2.29. The summed E-state index contributed by atoms with van der Waals surface area (Å²) in [7, 11) is 0. The molecule has 19 heavy (non-hydrogen) atoms. The number of piperazine rings is 1. The third-order valence-corrected chi connectivity index (χ3v) is 3.02. The van der Waals surface area contributed by atoms with Crippen molar-refractivity contribution in [3.63, 3.8) is 0 Å². The molecule has 1 unspecified atom stereocenters. The molecule has 2 atom stereocenters. The van der Waals surface area contributed by atoms with Crippen LogP contribution >= 0.6 is 11.6 Å². The van der Waals surface area contributed by atoms with Crippen LogP contribution in [-0.2, 0) is 14.4 Å². The second kappa shape index (κ2) is 5.27. The SMILES string of the molecule is O=C(O)C[C@@H]1NC(=O)C(c2ccc(Cl)cc2)NC1=O. The molecule has 1 heterocycles. The monoisotopic (exact) mass is 282 g/mol. The van der Waals surface area contributed by atoms with Gasteiger partial charge in [-0.05, 0) is 17.7 Å². The van der Waals surface area contributed by atoms with Gasteiger partial charge in [0.2, 0.25) is 11.8 Å². The van der Waals surface area contributed by atoms with Crippen molar-refractivity contribution in [2.24, 2.45) is 0 Å². The zero-order valence-corrected chi connectivity index (χ0v) is 10.5. The Hall–Kier alpha value is -2.08. The number of aliphatic carboxylic acids is 1. The molecule has 100 valence electrons. The van der Waals surface area contributed by atoms with Gasteiger partial charge in [-0.15, -0.1) is 0 Å². The maximum Gasteiger partial charge on any atom is 0.305 e. The summed E-state index contributed by atoms with van der Waals surface area (Å²) >= 11 is 5.74. The largest absolute Gasteiger partial charge is 0.481 e. The van der Waals surface area contributed by atoms with Gasteiger partial charge in [-0.3, -0.25) is 14.4 Å². The molecule has 0 radical (unpaired) electrons. The van der Waals surface area contributed by atoms with E-state index in [2.05, 4.69) is 10.6 Å². The highest BCUT2D eigenvalue weighted by Crippen LogP contribution is 2.19. The minimum Gasteiger partial charge on any atom is -0.481 e. The number of carboxylic acid groups (broad SMARTS) is 1. The van der Waals surface area contributed by atoms with Crippen molar-refractivity contribution in [3.8, 4) is 0 Å². The fraction of sp³-hybridized carbons (Fsp3) is 0.250. The summed E-state index contributed by atoms with van der Waals surface area (Å²) in [6, 6.07) is 4.62. The van der Waals surface area contributed by atoms with Crippen LogP contribution in [0.1, 0.15) is 18.0 Å². The molecule has 0 bridgehead atoms. The first kappa shape index (κ1) is 13.4. The van der Waals surface area contributed by atoms with E-state index in [4.69, 9.17) is 16.7 Å². The lowest BCUT2D eigenvalue weighted by molar-refractivity contribution is -0.143. The van der Waals surface area contributed by atoms with E-state index in [0.717, 1.165) is 0 Å². The summed E-state index contributed by atoms with van der Waals surface area (Å²) < 4.78 is 0. The number of amides is 2. The van der Waals surface area contributed by atoms with Gasteiger partial charge in [0.1, 0.15) is 12.1 Å². The molecular formula is C12H11ClN2O4. The molecule has 6 nitrogen and oxygen atoms in total. The minimum atomic E-state index is -1.15. The number of halogens is 1. The van der Waals surface area contributed by atoms with Crippen LogP contribution < -0.4 is 10.6 Å². The van der Waals surface area contributed by atoms with Crippen LogP contribution in [0, 0.1) is 0 Å². The van der Waals surface area contributed by atoms with E-state index in [1.807, 2.05) is 0 Å². The third kappa shape index (κ3) is 3.03. The summed E-state index contributed by atoms with van der Waals surface area (Å²) in [4.78, 5) is 34.1. The second-order valence-electron chi connectivity index (χ2n) is 4.15. The highest BCUT2D eigenvalue weighted by Gasteiger charge is 2.35. The van der Waals surface area contributed by atoms with Gasteiger partial charge in [-0.2, -0.15) is 0 Å². The Morgan fingerprint density at radius 3 is 2.37 bits per heavy atom. The first-order valence-electron chi connectivity index (χ1n) is 5.55. The molecular weight excluding hydrogens is 272 g/mol. The highest BCUT2D eigenvalue weighted by atomic mass is 35.5. The first-order chi connectivity index (χ1) is 8.97. The maximum atomic E-state index is 11.9. The minimum absolute atomic E-state index is 0.437. The Balaban J connectivity index is 2.14. The molecule has 1 aromatic carbocycles. The zero-order chi connectivity index (χ0) is 14.0. The molecule has 1 aromatic rings. The molecule has 2 amide bonds. The van der Waals surface area contributed by atoms with Crippen molar-refractivity contribution in [3.05, 3.63) is 34.9 Å². The van der Waals surface area contributed by atoms with Gasteiger partial charge in [0.25, 0.3) is 0 Å². The number of nitrogens with one attached hydrogen (secondary N) is 2. The van der Waals surface area contributed by atoms with E-state index in [9.17, 15) is 14.4 Å². The fourth-order valence-corrected chi connectivity index (χ4v) is 1.96. The molecule has 7 heteroatoms. The molecule has 3 N–H and O–H groups in total. The van der Waals surface area contributed by atoms with Crippen LogP contribution in [-0.4, -0.2) is 28.9 Å². The van der Waals surface area contributed by atoms with Crippen molar-refractivity contribution < 1.29 is 19.5 Å². The van der Waals surface area contributed by atoms with Gasteiger partial charge in [-0.1, -0.05) is 23.7 Å². The molecule has 1 aliphatic heterocycles. The maximum absolute atomic E-state index is 11.9. The van der Waals surface area contributed by atoms with E-state index in [0.29, 0.717) is 10.6 Å². The number of hydrogen-bond donors (Lipinski definition) is 3. The van der Waals surface area contributed by atoms with Crippen molar-refractivity contribution in [1.82, 2.24) is 10.6 Å². The van der Waals surface area contributed by atoms with Crippen molar-refractivity contribution in [2.45, 2.75) is 18.5 Å². The lowest BCUT2D eigenvalue weighted by Crippen LogP contribution is -2.58. The molecule has 1 fully saturated rings. The summed E-state index contributed by atoms with van der Waals surface area (Å²) in [5.74, 6) is -2.10. The first-order valence-corrected chi connectivity index (χ1v) is 5.93. The third-order valence-electron chi connectivity index (χ3n) is 2.76. The number of carbonyl (C=O) groups excluding carboxylic acids is 2. The van der Waals surface area contributed by atoms with Crippen LogP contribution in [0.2, 0.25) is 5.02 Å². The number of carboxylic acids is 1. The molecule has 0 spiro atoms. The average molecular weight is 283 g/mol. The average Bonchev–Trinajstić information content (AvgIpc) is 2.34. The van der Waals surface area contributed by atoms with Crippen molar-refractivity contribution >= 4 is 29.4 Å². The second-order valence-corrected chi connectivity index (χ2v) is 4.59. The van der Waals surface area contributed by atoms with Crippen LogP contribution in [0.15, 0.2) is 24.3 Å². The van der Waals surface area contributed by atoms with Crippen LogP contribution in [0.5, 0.6) is 0 Å². The molecule has 0 saturated carbocycles. The van der Waals surface area contributed by atoms with Gasteiger partial charge < -0.3 is 15.7 Å². The number of rotatable bonds is 3. The lowest BCUT2D eigenvalue weighted by atomic mass is 10.0. The van der Waals surface area contributed by atoms with Crippen molar-refractivity contribution in [2.75, 3.05) is 0 Å². The van der Waals surface area contributed by atoms with Gasteiger partial charge >= 0.3 is 5.97 Å². The number of benzene rings is 1. The van der Waals surface area contributed by atoms with Gasteiger partial charge in [-0.25, -0.2) is 0 Å². The molecule has 0 aliphatic carbocycles. The summed E-state index contributed by atoms with van der Waals surface area (Å²) in [6.07, 6.45) is -0.440. The number of carbonyl (C=O) groups is 3. The zero-order valence-electron chi connectivity index (χ0n) is 9.72. The van der Waals surface area contributed by atoms with Crippen molar-refractivity contribution in [1.29, 1.82) is 0 Å². The summed E-state index contributed by atoms with van der Waals surface area (Å²) in [5, 5.41) is 14.1. The van der Waals surface area contributed by atoms with Crippen LogP contribution in [0.25, 0.3) is 0 Å². The van der Waals surface area contributed by atoms with Crippen LogP contribution in [0.4, 0.5) is 0 Å². The normalized spacial score (nSPS) is 22.6. The van der Waals surface area contributed by atoms with Gasteiger partial charge in [0.15, 0.2) is 0 Å². The topological polar surface area (TPSA) is 95.5 Å². The summed E-state index contributed by atoms with van der Waals surface area (Å²) in [6.45, 7) is 0.